The minimum atomic E-state index is -0.247. The third kappa shape index (κ3) is 2.64. The number of aromatic nitrogens is 1. The number of carbonyl (C=O) groups is 1. The van der Waals surface area contributed by atoms with E-state index in [-0.39, 0.29) is 5.97 Å². The van der Waals surface area contributed by atoms with Gasteiger partial charge in [-0.2, -0.15) is 0 Å². The highest BCUT2D eigenvalue weighted by atomic mass is 32.1. The Hall–Kier alpha value is -1.59. The summed E-state index contributed by atoms with van der Waals surface area (Å²) in [5.74, 6) is -0.247. The lowest BCUT2D eigenvalue weighted by Crippen LogP contribution is -2.22. The van der Waals surface area contributed by atoms with Gasteiger partial charge in [-0.1, -0.05) is 0 Å². The van der Waals surface area contributed by atoms with Gasteiger partial charge in [0, 0.05) is 23.3 Å². The van der Waals surface area contributed by atoms with E-state index >= 15 is 0 Å². The lowest BCUT2D eigenvalue weighted by atomic mass is 10.1. The fourth-order valence-corrected chi connectivity index (χ4v) is 3.74. The molecule has 2 aromatic heterocycles. The van der Waals surface area contributed by atoms with Crippen LogP contribution in [0.1, 0.15) is 39.1 Å². The van der Waals surface area contributed by atoms with Gasteiger partial charge in [-0.15, -0.1) is 11.3 Å². The average molecular weight is 290 g/mol. The van der Waals surface area contributed by atoms with Gasteiger partial charge in [0.1, 0.15) is 4.88 Å². The van der Waals surface area contributed by atoms with Crippen LogP contribution in [0.2, 0.25) is 0 Å². The molecule has 5 heteroatoms. The van der Waals surface area contributed by atoms with Crippen LogP contribution in [-0.2, 0) is 11.3 Å². The van der Waals surface area contributed by atoms with Crippen molar-refractivity contribution in [1.82, 2.24) is 9.88 Å². The molecule has 0 amide bonds. The predicted octanol–water partition coefficient (Wildman–Crippen LogP) is 3.20. The van der Waals surface area contributed by atoms with Crippen LogP contribution in [-0.4, -0.2) is 29.5 Å². The first-order valence-electron chi connectivity index (χ1n) is 6.82. The monoisotopic (exact) mass is 290 g/mol. The second-order valence-electron chi connectivity index (χ2n) is 5.01. The van der Waals surface area contributed by atoms with Crippen molar-refractivity contribution in [3.8, 4) is 0 Å². The summed E-state index contributed by atoms with van der Waals surface area (Å²) in [7, 11) is 1.42. The van der Waals surface area contributed by atoms with E-state index in [2.05, 4.69) is 16.0 Å². The van der Waals surface area contributed by atoms with Crippen molar-refractivity contribution in [1.29, 1.82) is 0 Å². The highest BCUT2D eigenvalue weighted by molar-refractivity contribution is 7.13. The molecule has 3 rings (SSSR count). The van der Waals surface area contributed by atoms with Gasteiger partial charge in [-0.05, 0) is 43.7 Å². The van der Waals surface area contributed by atoms with Crippen LogP contribution in [0.3, 0.4) is 0 Å². The van der Waals surface area contributed by atoms with Gasteiger partial charge < -0.3 is 9.72 Å². The number of nitrogens with zero attached hydrogens (tertiary/aromatic N) is 1. The first-order chi connectivity index (χ1) is 9.78. The standard InChI is InChI=1S/C15H18N2O2S/c1-19-15(18)14-7-6-11(20-14)10-17-9-3-5-13(17)12-4-2-8-16-12/h2,4,6-8,13,16H,3,5,9-10H2,1H3. The summed E-state index contributed by atoms with van der Waals surface area (Å²) in [5, 5.41) is 0. The Bertz CT molecular complexity index is 576. The van der Waals surface area contributed by atoms with E-state index in [9.17, 15) is 4.79 Å². The molecule has 1 aliphatic heterocycles. The number of rotatable bonds is 4. The van der Waals surface area contributed by atoms with Gasteiger partial charge in [0.25, 0.3) is 0 Å². The van der Waals surface area contributed by atoms with Crippen molar-refractivity contribution in [3.63, 3.8) is 0 Å². The van der Waals surface area contributed by atoms with Crippen molar-refractivity contribution in [2.45, 2.75) is 25.4 Å². The molecule has 106 valence electrons. The number of likely N-dealkylation sites (tertiary alicyclic amines) is 1. The summed E-state index contributed by atoms with van der Waals surface area (Å²) in [4.78, 5) is 19.2. The van der Waals surface area contributed by atoms with E-state index in [0.717, 1.165) is 13.1 Å². The van der Waals surface area contributed by atoms with Crippen LogP contribution in [0.25, 0.3) is 0 Å². The Morgan fingerprint density at radius 1 is 1.50 bits per heavy atom. The molecular weight excluding hydrogens is 272 g/mol. The first kappa shape index (κ1) is 13.4. The van der Waals surface area contributed by atoms with Crippen LogP contribution in [0.15, 0.2) is 30.5 Å². The highest BCUT2D eigenvalue weighted by Gasteiger charge is 2.27. The number of thiophene rings is 1. The zero-order valence-corrected chi connectivity index (χ0v) is 12.3. The maximum Gasteiger partial charge on any atom is 0.348 e. The molecule has 0 aromatic carbocycles. The first-order valence-corrected chi connectivity index (χ1v) is 7.64. The molecule has 1 atom stereocenters. The minimum Gasteiger partial charge on any atom is -0.465 e. The van der Waals surface area contributed by atoms with E-state index in [1.54, 1.807) is 0 Å². The summed E-state index contributed by atoms with van der Waals surface area (Å²) in [5.41, 5.74) is 1.28. The maximum atomic E-state index is 11.5. The van der Waals surface area contributed by atoms with Crippen molar-refractivity contribution >= 4 is 17.3 Å². The van der Waals surface area contributed by atoms with Crippen molar-refractivity contribution in [2.75, 3.05) is 13.7 Å². The zero-order valence-electron chi connectivity index (χ0n) is 11.5. The number of hydrogen-bond acceptors (Lipinski definition) is 4. The third-order valence-corrected chi connectivity index (χ3v) is 4.80. The molecule has 0 radical (unpaired) electrons. The van der Waals surface area contributed by atoms with Gasteiger partial charge in [0.05, 0.1) is 13.2 Å². The predicted molar refractivity (Wildman–Crippen MR) is 78.8 cm³/mol. The molecule has 1 fully saturated rings. The highest BCUT2D eigenvalue weighted by Crippen LogP contribution is 2.33. The lowest BCUT2D eigenvalue weighted by molar-refractivity contribution is 0.0606. The lowest BCUT2D eigenvalue weighted by Gasteiger charge is -2.22. The topological polar surface area (TPSA) is 45.3 Å². The smallest absolute Gasteiger partial charge is 0.348 e. The molecule has 0 saturated carbocycles. The molecule has 2 aromatic rings. The molecule has 20 heavy (non-hydrogen) atoms. The maximum absolute atomic E-state index is 11.5. The van der Waals surface area contributed by atoms with Crippen molar-refractivity contribution < 1.29 is 9.53 Å². The van der Waals surface area contributed by atoms with Crippen LogP contribution < -0.4 is 0 Å². The number of hydrogen-bond donors (Lipinski definition) is 1. The SMILES string of the molecule is COC(=O)c1ccc(CN2CCCC2c2ccc[nH]2)s1. The Morgan fingerprint density at radius 3 is 3.15 bits per heavy atom. The average Bonchev–Trinajstić information content (AvgIpc) is 3.18. The molecule has 3 heterocycles. The molecule has 0 aliphatic carbocycles. The summed E-state index contributed by atoms with van der Waals surface area (Å²) < 4.78 is 4.75. The van der Waals surface area contributed by atoms with Gasteiger partial charge in [0.15, 0.2) is 0 Å². The number of H-pyrrole nitrogens is 1. The molecule has 0 bridgehead atoms. The summed E-state index contributed by atoms with van der Waals surface area (Å²) >= 11 is 1.53. The van der Waals surface area contributed by atoms with Gasteiger partial charge in [0.2, 0.25) is 0 Å². The number of esters is 1. The molecule has 4 nitrogen and oxygen atoms in total. The third-order valence-electron chi connectivity index (χ3n) is 3.75. The second kappa shape index (κ2) is 5.81. The Balaban J connectivity index is 1.70. The molecular formula is C15H18N2O2S. The molecule has 1 saturated heterocycles. The van der Waals surface area contributed by atoms with Crippen LogP contribution in [0.4, 0.5) is 0 Å². The molecule has 1 N–H and O–H groups in total. The number of nitrogens with one attached hydrogen (secondary N) is 1. The van der Waals surface area contributed by atoms with E-state index in [1.165, 1.54) is 41.9 Å². The Morgan fingerprint density at radius 2 is 2.40 bits per heavy atom. The van der Waals surface area contributed by atoms with Crippen molar-refractivity contribution in [3.05, 3.63) is 45.9 Å². The van der Waals surface area contributed by atoms with Gasteiger partial charge in [-0.3, -0.25) is 4.90 Å². The largest absolute Gasteiger partial charge is 0.465 e. The minimum absolute atomic E-state index is 0.247. The van der Waals surface area contributed by atoms with E-state index < -0.39 is 0 Å². The van der Waals surface area contributed by atoms with Crippen LogP contribution in [0, 0.1) is 0 Å². The fourth-order valence-electron chi connectivity index (χ4n) is 2.79. The van der Waals surface area contributed by atoms with E-state index in [1.807, 2.05) is 24.4 Å². The zero-order chi connectivity index (χ0) is 13.9. The Labute approximate surface area is 122 Å². The van der Waals surface area contributed by atoms with Gasteiger partial charge >= 0.3 is 5.97 Å². The van der Waals surface area contributed by atoms with Gasteiger partial charge in [-0.25, -0.2) is 4.79 Å². The number of methoxy groups -OCH3 is 1. The van der Waals surface area contributed by atoms with E-state index in [4.69, 9.17) is 4.74 Å². The van der Waals surface area contributed by atoms with E-state index in [0.29, 0.717) is 10.9 Å². The molecule has 1 aliphatic rings. The summed E-state index contributed by atoms with van der Waals surface area (Å²) in [6.07, 6.45) is 4.39. The molecule has 1 unspecified atom stereocenters. The second-order valence-corrected chi connectivity index (χ2v) is 6.18. The summed E-state index contributed by atoms with van der Waals surface area (Å²) in [6.45, 7) is 2.00. The van der Waals surface area contributed by atoms with Crippen LogP contribution >= 0.6 is 11.3 Å². The Kier molecular flexibility index (Phi) is 3.89. The normalized spacial score (nSPS) is 19.4. The quantitative estimate of drug-likeness (QED) is 0.880. The molecule has 0 spiro atoms. The number of ether oxygens (including phenoxy) is 1. The van der Waals surface area contributed by atoms with Crippen molar-refractivity contribution in [2.24, 2.45) is 0 Å². The van der Waals surface area contributed by atoms with Crippen LogP contribution in [0.5, 0.6) is 0 Å². The fraction of sp³-hybridized carbons (Fsp3) is 0.400. The number of carbonyl (C=O) groups excluding carboxylic acids is 1. The summed E-state index contributed by atoms with van der Waals surface area (Å²) in [6, 6.07) is 8.55. The number of aromatic amines is 1.